The Morgan fingerprint density at radius 1 is 0.271 bits per heavy atom. The van der Waals surface area contributed by atoms with Gasteiger partial charge in [-0.1, -0.05) is 265 Å². The predicted octanol–water partition coefficient (Wildman–Crippen LogP) is 17.2. The molecule has 6 nitrogen and oxygen atoms in total. The maximum Gasteiger partial charge on any atom is 0.306 e. The fourth-order valence-corrected chi connectivity index (χ4v) is 8.09. The fourth-order valence-electron chi connectivity index (χ4n) is 8.09. The largest absolute Gasteiger partial charge is 0.462 e. The first-order valence-electron chi connectivity index (χ1n) is 26.5. The highest BCUT2D eigenvalue weighted by molar-refractivity contribution is 5.71. The number of unbranched alkanes of at least 4 members (excludes halogenated alkanes) is 38. The molecule has 0 saturated carbocycles. The van der Waals surface area contributed by atoms with E-state index in [0.29, 0.717) is 19.3 Å². The highest BCUT2D eigenvalue weighted by atomic mass is 16.6. The lowest BCUT2D eigenvalue weighted by Crippen LogP contribution is -2.30. The van der Waals surface area contributed by atoms with Crippen molar-refractivity contribution in [2.24, 2.45) is 0 Å². The number of carbonyl (C=O) groups is 3. The van der Waals surface area contributed by atoms with E-state index in [-0.39, 0.29) is 31.1 Å². The Kier molecular flexibility index (Phi) is 47.7. The molecule has 1 atom stereocenters. The first-order chi connectivity index (χ1) is 29.0. The Bertz CT molecular complexity index is 874. The molecule has 0 aliphatic carbocycles. The first-order valence-corrected chi connectivity index (χ1v) is 26.5. The summed E-state index contributed by atoms with van der Waals surface area (Å²) in [5, 5.41) is 0. The number of ether oxygens (including phenoxy) is 3. The van der Waals surface area contributed by atoms with E-state index >= 15 is 0 Å². The van der Waals surface area contributed by atoms with E-state index < -0.39 is 6.10 Å². The molecule has 0 N–H and O–H groups in total. The number of hydrogen-bond donors (Lipinski definition) is 0. The Labute approximate surface area is 368 Å². The van der Waals surface area contributed by atoms with E-state index in [9.17, 15) is 14.4 Å². The van der Waals surface area contributed by atoms with Crippen LogP contribution in [0.1, 0.15) is 303 Å². The van der Waals surface area contributed by atoms with Crippen molar-refractivity contribution in [3.63, 3.8) is 0 Å². The third-order valence-electron chi connectivity index (χ3n) is 12.1. The van der Waals surface area contributed by atoms with Crippen LogP contribution in [0.25, 0.3) is 0 Å². The average Bonchev–Trinajstić information content (AvgIpc) is 3.23. The van der Waals surface area contributed by atoms with Gasteiger partial charge in [-0.05, 0) is 19.3 Å². The van der Waals surface area contributed by atoms with Crippen molar-refractivity contribution >= 4 is 17.9 Å². The third kappa shape index (κ3) is 47.3. The second-order valence-corrected chi connectivity index (χ2v) is 18.2. The maximum atomic E-state index is 12.8. The minimum absolute atomic E-state index is 0.0620. The molecule has 1 unspecified atom stereocenters. The van der Waals surface area contributed by atoms with Crippen molar-refractivity contribution < 1.29 is 28.6 Å². The zero-order chi connectivity index (χ0) is 43.0. The summed E-state index contributed by atoms with van der Waals surface area (Å²) in [5.41, 5.74) is 0. The molecular formula is C53H102O6. The molecule has 0 aromatic carbocycles. The van der Waals surface area contributed by atoms with E-state index in [2.05, 4.69) is 20.8 Å². The van der Waals surface area contributed by atoms with Crippen LogP contribution in [0.15, 0.2) is 0 Å². The van der Waals surface area contributed by atoms with Crippen molar-refractivity contribution in [2.75, 3.05) is 13.2 Å². The van der Waals surface area contributed by atoms with Gasteiger partial charge in [-0.25, -0.2) is 0 Å². The van der Waals surface area contributed by atoms with E-state index in [1.54, 1.807) is 0 Å². The number of rotatable bonds is 49. The standard InChI is InChI=1S/C53H102O6/c1-4-7-10-13-16-19-21-23-25-26-27-29-30-32-34-37-40-43-46-52(55)58-49-50(48-57-51(54)45-42-39-36-18-15-12-9-6-3)59-53(56)47-44-41-38-35-33-31-28-24-22-20-17-14-11-8-5-2/h50H,4-49H2,1-3H3. The molecule has 0 radical (unpaired) electrons. The van der Waals surface area contributed by atoms with Crippen LogP contribution in [0.3, 0.4) is 0 Å². The van der Waals surface area contributed by atoms with Crippen LogP contribution in [0.5, 0.6) is 0 Å². The Morgan fingerprint density at radius 3 is 0.678 bits per heavy atom. The molecule has 0 amide bonds. The van der Waals surface area contributed by atoms with Crippen LogP contribution in [-0.4, -0.2) is 37.2 Å². The van der Waals surface area contributed by atoms with Gasteiger partial charge in [-0.3, -0.25) is 14.4 Å². The van der Waals surface area contributed by atoms with Crippen LogP contribution < -0.4 is 0 Å². The van der Waals surface area contributed by atoms with Crippen LogP contribution in [0.4, 0.5) is 0 Å². The minimum atomic E-state index is -0.759. The molecule has 0 aliphatic rings. The van der Waals surface area contributed by atoms with Crippen molar-refractivity contribution in [1.82, 2.24) is 0 Å². The van der Waals surface area contributed by atoms with Gasteiger partial charge in [-0.15, -0.1) is 0 Å². The zero-order valence-electron chi connectivity index (χ0n) is 40.1. The lowest BCUT2D eigenvalue weighted by atomic mass is 10.0. The summed E-state index contributed by atoms with van der Waals surface area (Å²) in [5.74, 6) is -0.844. The quantitative estimate of drug-likeness (QED) is 0.0345. The Balaban J connectivity index is 4.20. The second-order valence-electron chi connectivity index (χ2n) is 18.2. The summed E-state index contributed by atoms with van der Waals surface area (Å²) in [7, 11) is 0. The topological polar surface area (TPSA) is 78.9 Å². The monoisotopic (exact) mass is 835 g/mol. The molecule has 0 rings (SSSR count). The van der Waals surface area contributed by atoms with E-state index in [1.807, 2.05) is 0 Å². The highest BCUT2D eigenvalue weighted by Crippen LogP contribution is 2.17. The molecule has 350 valence electrons. The normalized spacial score (nSPS) is 11.8. The van der Waals surface area contributed by atoms with Gasteiger partial charge in [0.05, 0.1) is 0 Å². The Hall–Kier alpha value is -1.59. The molecule has 0 aliphatic heterocycles. The van der Waals surface area contributed by atoms with Gasteiger partial charge in [-0.2, -0.15) is 0 Å². The molecule has 0 saturated heterocycles. The van der Waals surface area contributed by atoms with Gasteiger partial charge < -0.3 is 14.2 Å². The molecular weight excluding hydrogens is 733 g/mol. The van der Waals surface area contributed by atoms with Gasteiger partial charge in [0.1, 0.15) is 13.2 Å². The van der Waals surface area contributed by atoms with Gasteiger partial charge in [0, 0.05) is 19.3 Å². The van der Waals surface area contributed by atoms with Gasteiger partial charge in [0.25, 0.3) is 0 Å². The summed E-state index contributed by atoms with van der Waals surface area (Å²) < 4.78 is 16.8. The molecule has 0 heterocycles. The van der Waals surface area contributed by atoms with Gasteiger partial charge in [0.2, 0.25) is 0 Å². The minimum Gasteiger partial charge on any atom is -0.462 e. The molecule has 0 spiro atoms. The lowest BCUT2D eigenvalue weighted by Gasteiger charge is -2.18. The number of hydrogen-bond acceptors (Lipinski definition) is 6. The summed E-state index contributed by atoms with van der Waals surface area (Å²) in [6.45, 7) is 6.66. The van der Waals surface area contributed by atoms with Crippen LogP contribution in [0.2, 0.25) is 0 Å². The fraction of sp³-hybridized carbons (Fsp3) is 0.943. The number of carbonyl (C=O) groups excluding carboxylic acids is 3. The zero-order valence-corrected chi connectivity index (χ0v) is 40.1. The predicted molar refractivity (Wildman–Crippen MR) is 252 cm³/mol. The molecule has 0 aromatic heterocycles. The number of esters is 3. The molecule has 6 heteroatoms. The van der Waals surface area contributed by atoms with Gasteiger partial charge >= 0.3 is 17.9 Å². The van der Waals surface area contributed by atoms with E-state index in [0.717, 1.165) is 57.8 Å². The second kappa shape index (κ2) is 49.1. The van der Waals surface area contributed by atoms with Crippen molar-refractivity contribution in [1.29, 1.82) is 0 Å². The highest BCUT2D eigenvalue weighted by Gasteiger charge is 2.19. The third-order valence-corrected chi connectivity index (χ3v) is 12.1. The molecule has 59 heavy (non-hydrogen) atoms. The SMILES string of the molecule is CCCCCCCCCCCCCCCCCCCCC(=O)OCC(COC(=O)CCCCCCCCCC)OC(=O)CCCCCCCCCCCCCCCCC. The molecule has 0 aromatic rings. The molecule has 0 bridgehead atoms. The molecule has 0 fully saturated rings. The van der Waals surface area contributed by atoms with E-state index in [4.69, 9.17) is 14.2 Å². The maximum absolute atomic E-state index is 12.8. The van der Waals surface area contributed by atoms with Gasteiger partial charge in [0.15, 0.2) is 6.10 Å². The summed E-state index contributed by atoms with van der Waals surface area (Å²) >= 11 is 0. The average molecular weight is 835 g/mol. The van der Waals surface area contributed by atoms with Crippen molar-refractivity contribution in [2.45, 2.75) is 309 Å². The van der Waals surface area contributed by atoms with Crippen LogP contribution in [0, 0.1) is 0 Å². The van der Waals surface area contributed by atoms with Crippen LogP contribution in [-0.2, 0) is 28.6 Å². The van der Waals surface area contributed by atoms with Crippen LogP contribution >= 0.6 is 0 Å². The summed E-state index contributed by atoms with van der Waals surface area (Å²) in [6, 6.07) is 0. The first kappa shape index (κ1) is 57.4. The Morgan fingerprint density at radius 2 is 0.458 bits per heavy atom. The van der Waals surface area contributed by atoms with E-state index in [1.165, 1.54) is 205 Å². The van der Waals surface area contributed by atoms with Crippen molar-refractivity contribution in [3.8, 4) is 0 Å². The smallest absolute Gasteiger partial charge is 0.306 e. The summed E-state index contributed by atoms with van der Waals surface area (Å²) in [4.78, 5) is 37.8. The lowest BCUT2D eigenvalue weighted by molar-refractivity contribution is -0.167. The summed E-state index contributed by atoms with van der Waals surface area (Å²) in [6.07, 6.45) is 52.4. The van der Waals surface area contributed by atoms with Crippen molar-refractivity contribution in [3.05, 3.63) is 0 Å².